The largest absolute Gasteiger partial charge is 0.444 e. The molecule has 82 heavy (non-hydrogen) atoms. The summed E-state index contributed by atoms with van der Waals surface area (Å²) in [5.74, 6) is 0.130. The second-order valence-electron chi connectivity index (χ2n) is 22.9. The molecule has 4 rings (SSSR count). The lowest BCUT2D eigenvalue weighted by Crippen LogP contribution is -2.49. The van der Waals surface area contributed by atoms with E-state index in [2.05, 4.69) is 52.4 Å². The second kappa shape index (κ2) is 38.5. The first-order valence-electron chi connectivity index (χ1n) is 28.6. The lowest BCUT2D eigenvalue weighted by Gasteiger charge is -2.37. The highest BCUT2D eigenvalue weighted by Crippen LogP contribution is 2.34. The van der Waals surface area contributed by atoms with E-state index in [0.29, 0.717) is 143 Å². The Morgan fingerprint density at radius 1 is 0.732 bits per heavy atom. The fourth-order valence-corrected chi connectivity index (χ4v) is 8.43. The standard InChI is InChI=1S/C33H65N3O12.C23H30F3N5O.CH5N/c1-31(2,3)48-30(39)36(13-19-43-23-27-45-25-21-41-16-10-34)12-18-42-22-26-44-24-20-40-15-8-29(38)35-11-17-46-33(6,7)28-47-32(4,5)9-14-37;1-22(2,3)30-15-5-7-16(8-6-15)31-11-10-19(21(31)32)29-20-17-12-14(23(24,25)26)4-9-18(17)27-13-28-20;1-2/h14H,8-13,15-28,34H2,1-7H3,(H,35,38);4,9,12-13,15-16,19,30H,5-8,10-11H2,1-3H3,(H,27,28,29);2H2,1H3. The molecular formula is C57H100F3N9O13. The molecule has 0 bridgehead atoms. The quantitative estimate of drug-likeness (QED) is 0.0392. The van der Waals surface area contributed by atoms with Crippen molar-refractivity contribution in [1.29, 1.82) is 0 Å². The molecule has 1 aromatic heterocycles. The summed E-state index contributed by atoms with van der Waals surface area (Å²) in [4.78, 5) is 60.2. The Morgan fingerprint density at radius 2 is 1.29 bits per heavy atom. The number of carbonyl (C=O) groups excluding carboxylic acids is 4. The highest BCUT2D eigenvalue weighted by molar-refractivity contribution is 5.93. The maximum Gasteiger partial charge on any atom is 0.416 e. The van der Waals surface area contributed by atoms with Crippen LogP contribution in [0.4, 0.5) is 23.8 Å². The van der Waals surface area contributed by atoms with Crippen LogP contribution < -0.4 is 27.4 Å². The fourth-order valence-electron chi connectivity index (χ4n) is 8.43. The van der Waals surface area contributed by atoms with E-state index in [4.69, 9.17) is 48.4 Å². The molecule has 7 N–H and O–H groups in total. The van der Waals surface area contributed by atoms with Crippen LogP contribution in [-0.4, -0.2) is 217 Å². The first kappa shape index (κ1) is 73.7. The maximum atomic E-state index is 13.2. The summed E-state index contributed by atoms with van der Waals surface area (Å²) in [5.41, 5.74) is 7.87. The molecule has 1 aliphatic carbocycles. The molecule has 2 fully saturated rings. The number of aldehydes is 1. The van der Waals surface area contributed by atoms with Crippen LogP contribution in [0, 0.1) is 0 Å². The van der Waals surface area contributed by atoms with E-state index in [1.54, 1.807) is 4.90 Å². The van der Waals surface area contributed by atoms with Crippen LogP contribution >= 0.6 is 0 Å². The van der Waals surface area contributed by atoms with Crippen molar-refractivity contribution in [3.8, 4) is 0 Å². The van der Waals surface area contributed by atoms with E-state index in [9.17, 15) is 32.3 Å². The molecule has 3 amide bonds. The molecule has 2 aromatic rings. The van der Waals surface area contributed by atoms with Crippen LogP contribution in [0.3, 0.4) is 0 Å². The minimum absolute atomic E-state index is 0.00373. The zero-order chi connectivity index (χ0) is 61.2. The number of nitrogens with two attached hydrogens (primary N) is 2. The van der Waals surface area contributed by atoms with Crippen molar-refractivity contribution in [3.63, 3.8) is 0 Å². The Bertz CT molecular complexity index is 2110. The maximum absolute atomic E-state index is 13.2. The summed E-state index contributed by atoms with van der Waals surface area (Å²) < 4.78 is 89.5. The number of anilines is 1. The van der Waals surface area contributed by atoms with Gasteiger partial charge in [0.1, 0.15) is 30.1 Å². The summed E-state index contributed by atoms with van der Waals surface area (Å²) >= 11 is 0. The van der Waals surface area contributed by atoms with Gasteiger partial charge in [-0.2, -0.15) is 13.2 Å². The summed E-state index contributed by atoms with van der Waals surface area (Å²) in [7, 11) is 1.50. The number of benzene rings is 1. The average Bonchev–Trinajstić information content (AvgIpc) is 4.00. The fraction of sp³-hybridized carbons (Fsp3) is 0.789. The number of hydrogen-bond donors (Lipinski definition) is 5. The molecule has 2 aliphatic rings. The lowest BCUT2D eigenvalue weighted by atomic mass is 9.89. The van der Waals surface area contributed by atoms with Crippen molar-refractivity contribution in [1.82, 2.24) is 30.4 Å². The molecule has 1 saturated carbocycles. The molecule has 1 aliphatic heterocycles. The predicted octanol–water partition coefficient (Wildman–Crippen LogP) is 5.90. The van der Waals surface area contributed by atoms with Crippen LogP contribution in [0.5, 0.6) is 0 Å². The van der Waals surface area contributed by atoms with Gasteiger partial charge in [-0.1, -0.05) is 0 Å². The molecule has 2 heterocycles. The number of amides is 3. The van der Waals surface area contributed by atoms with Crippen LogP contribution in [0.25, 0.3) is 10.9 Å². The number of alkyl halides is 3. The van der Waals surface area contributed by atoms with Crippen LogP contribution in [0.15, 0.2) is 24.5 Å². The number of aromatic nitrogens is 2. The van der Waals surface area contributed by atoms with E-state index < -0.39 is 40.7 Å². The highest BCUT2D eigenvalue weighted by Gasteiger charge is 2.39. The van der Waals surface area contributed by atoms with E-state index in [-0.39, 0.29) is 47.6 Å². The normalized spacial score (nSPS) is 17.0. The van der Waals surface area contributed by atoms with Crippen molar-refractivity contribution in [2.45, 2.75) is 161 Å². The van der Waals surface area contributed by atoms with Crippen molar-refractivity contribution in [3.05, 3.63) is 30.1 Å². The van der Waals surface area contributed by atoms with Crippen molar-refractivity contribution in [2.24, 2.45) is 11.5 Å². The Labute approximate surface area is 484 Å². The Hall–Kier alpha value is -4.41. The van der Waals surface area contributed by atoms with Gasteiger partial charge in [-0.05, 0) is 127 Å². The summed E-state index contributed by atoms with van der Waals surface area (Å²) in [6.45, 7) is 27.0. The molecule has 22 nitrogen and oxygen atoms in total. The van der Waals surface area contributed by atoms with Gasteiger partial charge in [-0.15, -0.1) is 0 Å². The van der Waals surface area contributed by atoms with Gasteiger partial charge in [0.2, 0.25) is 11.8 Å². The smallest absolute Gasteiger partial charge is 0.416 e. The zero-order valence-corrected chi connectivity index (χ0v) is 50.9. The molecule has 0 spiro atoms. The Balaban J connectivity index is 0.000000580. The minimum Gasteiger partial charge on any atom is -0.444 e. The van der Waals surface area contributed by atoms with Crippen LogP contribution in [0.2, 0.25) is 0 Å². The van der Waals surface area contributed by atoms with E-state index in [1.807, 2.05) is 53.4 Å². The third kappa shape index (κ3) is 32.0. The number of ether oxygens (including phenoxy) is 9. The monoisotopic (exact) mass is 1180 g/mol. The Kier molecular flexibility index (Phi) is 34.6. The zero-order valence-electron chi connectivity index (χ0n) is 50.9. The summed E-state index contributed by atoms with van der Waals surface area (Å²) in [6.07, 6.45) is 2.37. The predicted molar refractivity (Wildman–Crippen MR) is 307 cm³/mol. The van der Waals surface area contributed by atoms with E-state index in [0.717, 1.165) is 44.1 Å². The van der Waals surface area contributed by atoms with Gasteiger partial charge in [0.25, 0.3) is 0 Å². The SMILES string of the molecule is CC(C)(C)NC1CCC(N2CCC(Nc3ncnc4ccc(C(F)(F)F)cc34)C2=O)CC1.CC(C)(C)OC(=O)N(CCOCCOCCOCCN)CCOCCOCCOCCC(=O)NCCOC(C)(C)COC(C)(C)CC=O.CN. The van der Waals surface area contributed by atoms with Crippen LogP contribution in [0.1, 0.15) is 120 Å². The number of fused-ring (bicyclic) bond motifs is 1. The lowest BCUT2D eigenvalue weighted by molar-refractivity contribution is -0.137. The van der Waals surface area contributed by atoms with Crippen molar-refractivity contribution in [2.75, 3.05) is 138 Å². The number of hydrogen-bond acceptors (Lipinski definition) is 19. The van der Waals surface area contributed by atoms with Crippen molar-refractivity contribution >= 4 is 40.9 Å². The number of halogens is 3. The third-order valence-electron chi connectivity index (χ3n) is 12.5. The first-order valence-corrected chi connectivity index (χ1v) is 28.6. The molecule has 0 radical (unpaired) electrons. The highest BCUT2D eigenvalue weighted by atomic mass is 19.4. The topological polar surface area (TPSA) is 272 Å². The molecule has 1 aromatic carbocycles. The third-order valence-corrected chi connectivity index (χ3v) is 12.5. The second-order valence-corrected chi connectivity index (χ2v) is 22.9. The molecule has 1 saturated heterocycles. The van der Waals surface area contributed by atoms with Gasteiger partial charge in [0, 0.05) is 68.6 Å². The van der Waals surface area contributed by atoms with Gasteiger partial charge in [0.05, 0.1) is 115 Å². The molecule has 1 unspecified atom stereocenters. The van der Waals surface area contributed by atoms with Gasteiger partial charge >= 0.3 is 12.3 Å². The number of nitrogens with one attached hydrogen (secondary N) is 3. The van der Waals surface area contributed by atoms with E-state index >= 15 is 0 Å². The summed E-state index contributed by atoms with van der Waals surface area (Å²) in [5, 5.41) is 9.81. The Morgan fingerprint density at radius 3 is 1.83 bits per heavy atom. The number of nitrogens with zero attached hydrogens (tertiary/aromatic N) is 4. The van der Waals surface area contributed by atoms with Crippen molar-refractivity contribution < 1.29 is 75.0 Å². The number of likely N-dealkylation sites (tertiary alicyclic amines) is 1. The number of rotatable bonds is 36. The molecule has 25 heteroatoms. The minimum atomic E-state index is -4.46. The van der Waals surface area contributed by atoms with Gasteiger partial charge in [0.15, 0.2) is 0 Å². The molecular weight excluding hydrogens is 1080 g/mol. The van der Waals surface area contributed by atoms with Crippen LogP contribution in [-0.2, 0) is 63.2 Å². The molecule has 472 valence electrons. The van der Waals surface area contributed by atoms with Gasteiger partial charge in [-0.25, -0.2) is 14.8 Å². The van der Waals surface area contributed by atoms with Gasteiger partial charge < -0.3 is 84.6 Å². The average molecular weight is 1180 g/mol. The molecule has 1 atom stereocenters. The van der Waals surface area contributed by atoms with Gasteiger partial charge in [-0.3, -0.25) is 9.59 Å². The van der Waals surface area contributed by atoms with E-state index in [1.165, 1.54) is 19.4 Å². The first-order chi connectivity index (χ1) is 38.7. The number of carbonyl (C=O) groups is 4. The summed E-state index contributed by atoms with van der Waals surface area (Å²) in [6, 6.07) is 3.57.